The lowest BCUT2D eigenvalue weighted by atomic mass is 10.0. The van der Waals surface area contributed by atoms with Gasteiger partial charge in [0.25, 0.3) is 0 Å². The first-order chi connectivity index (χ1) is 17.6. The van der Waals surface area contributed by atoms with Gasteiger partial charge in [-0.3, -0.25) is 14.8 Å². The molecule has 0 aliphatic carbocycles. The Balaban J connectivity index is 1.22. The third-order valence-electron chi connectivity index (χ3n) is 7.18. The number of aromatic amines is 1. The lowest BCUT2D eigenvalue weighted by molar-refractivity contribution is -0.154. The monoisotopic (exact) mass is 482 g/mol. The number of anilines is 1. The van der Waals surface area contributed by atoms with Crippen molar-refractivity contribution in [1.29, 1.82) is 0 Å². The van der Waals surface area contributed by atoms with Crippen LogP contribution in [-0.2, 0) is 9.53 Å². The van der Waals surface area contributed by atoms with E-state index < -0.39 is 0 Å². The number of nitrogens with zero attached hydrogens (tertiary/aromatic N) is 4. The number of hydrogen-bond acceptors (Lipinski definition) is 7. The van der Waals surface area contributed by atoms with E-state index in [2.05, 4.69) is 37.3 Å². The molecular weight excluding hydrogens is 452 g/mol. The molecule has 1 unspecified atom stereocenters. The molecule has 6 rings (SSSR count). The van der Waals surface area contributed by atoms with Crippen LogP contribution in [0.1, 0.15) is 25.0 Å². The fourth-order valence-electron chi connectivity index (χ4n) is 5.19. The van der Waals surface area contributed by atoms with Crippen LogP contribution in [0.25, 0.3) is 33.5 Å². The summed E-state index contributed by atoms with van der Waals surface area (Å²) in [6.45, 7) is 5.31. The number of imidazole rings is 1. The van der Waals surface area contributed by atoms with Crippen LogP contribution in [0.2, 0.25) is 0 Å². The Hall–Kier alpha value is -3.78. The van der Waals surface area contributed by atoms with Gasteiger partial charge in [0.15, 0.2) is 0 Å². The zero-order valence-electron chi connectivity index (χ0n) is 20.4. The second-order valence-corrected chi connectivity index (χ2v) is 9.71. The van der Waals surface area contributed by atoms with Crippen molar-refractivity contribution in [2.75, 3.05) is 31.1 Å². The Labute approximate surface area is 210 Å². The summed E-state index contributed by atoms with van der Waals surface area (Å²) >= 11 is 0. The topological polar surface area (TPSA) is 96.0 Å². The molecule has 2 aliphatic heterocycles. The smallest absolute Gasteiger partial charge is 0.311 e. The van der Waals surface area contributed by atoms with Crippen LogP contribution in [0, 0.1) is 12.8 Å². The van der Waals surface area contributed by atoms with E-state index in [1.807, 2.05) is 43.5 Å². The minimum Gasteiger partial charge on any atom is -0.462 e. The number of hydrogen-bond donors (Lipinski definition) is 2. The molecule has 0 amide bonds. The van der Waals surface area contributed by atoms with Gasteiger partial charge in [-0.25, -0.2) is 4.98 Å². The molecule has 0 spiro atoms. The highest BCUT2D eigenvalue weighted by atomic mass is 16.5. The Bertz CT molecular complexity index is 1390. The summed E-state index contributed by atoms with van der Waals surface area (Å²) in [6.07, 6.45) is 6.27. The average molecular weight is 483 g/mol. The fourth-order valence-corrected chi connectivity index (χ4v) is 5.19. The van der Waals surface area contributed by atoms with Crippen molar-refractivity contribution < 1.29 is 9.53 Å². The molecule has 2 aliphatic rings. The van der Waals surface area contributed by atoms with E-state index in [1.54, 1.807) is 6.33 Å². The van der Waals surface area contributed by atoms with E-state index in [9.17, 15) is 4.79 Å². The van der Waals surface area contributed by atoms with Crippen LogP contribution in [0.4, 0.5) is 5.69 Å². The molecule has 0 bridgehead atoms. The maximum atomic E-state index is 12.7. The van der Waals surface area contributed by atoms with Crippen LogP contribution in [0.15, 0.2) is 55.0 Å². The van der Waals surface area contributed by atoms with Gasteiger partial charge in [-0.05, 0) is 69.6 Å². The van der Waals surface area contributed by atoms with E-state index in [-0.39, 0.29) is 18.0 Å². The maximum Gasteiger partial charge on any atom is 0.311 e. The number of rotatable bonds is 5. The van der Waals surface area contributed by atoms with Crippen LogP contribution in [0.5, 0.6) is 0 Å². The third-order valence-corrected chi connectivity index (χ3v) is 7.18. The molecule has 4 aromatic rings. The van der Waals surface area contributed by atoms with Crippen molar-refractivity contribution in [2.24, 2.45) is 5.92 Å². The minimum absolute atomic E-state index is 0.0514. The molecule has 2 saturated heterocycles. The summed E-state index contributed by atoms with van der Waals surface area (Å²) in [5, 5.41) is 4.35. The van der Waals surface area contributed by atoms with Gasteiger partial charge < -0.3 is 19.9 Å². The molecule has 2 fully saturated rings. The van der Waals surface area contributed by atoms with E-state index in [1.165, 1.54) is 0 Å². The molecule has 2 N–H and O–H groups in total. The van der Waals surface area contributed by atoms with E-state index in [0.717, 1.165) is 83.8 Å². The van der Waals surface area contributed by atoms with Crippen LogP contribution >= 0.6 is 0 Å². The van der Waals surface area contributed by atoms with E-state index in [0.29, 0.717) is 6.54 Å². The molecule has 8 nitrogen and oxygen atoms in total. The number of aryl methyl sites for hydroxylation is 1. The lowest BCUT2D eigenvalue weighted by Crippen LogP contribution is -2.35. The molecule has 0 saturated carbocycles. The predicted molar refractivity (Wildman–Crippen MR) is 140 cm³/mol. The third kappa shape index (κ3) is 4.56. The number of carbonyl (C=O) groups is 1. The van der Waals surface area contributed by atoms with Crippen LogP contribution in [0.3, 0.4) is 0 Å². The molecule has 5 heterocycles. The molecule has 36 heavy (non-hydrogen) atoms. The number of esters is 1. The average Bonchev–Trinajstić information content (AvgIpc) is 3.59. The Morgan fingerprint density at radius 2 is 1.97 bits per heavy atom. The van der Waals surface area contributed by atoms with Gasteiger partial charge >= 0.3 is 5.97 Å². The van der Waals surface area contributed by atoms with Crippen molar-refractivity contribution in [3.63, 3.8) is 0 Å². The highest BCUT2D eigenvalue weighted by Crippen LogP contribution is 2.32. The second-order valence-electron chi connectivity index (χ2n) is 9.71. The van der Waals surface area contributed by atoms with Gasteiger partial charge in [0.1, 0.15) is 6.10 Å². The van der Waals surface area contributed by atoms with Crippen molar-refractivity contribution in [3.05, 3.63) is 60.7 Å². The largest absolute Gasteiger partial charge is 0.462 e. The predicted octanol–water partition coefficient (Wildman–Crippen LogP) is 4.12. The summed E-state index contributed by atoms with van der Waals surface area (Å²) in [4.78, 5) is 32.2. The van der Waals surface area contributed by atoms with Crippen molar-refractivity contribution in [3.8, 4) is 22.6 Å². The Kier molecular flexibility index (Phi) is 6.11. The lowest BCUT2D eigenvalue weighted by Gasteiger charge is -2.24. The molecule has 184 valence electrons. The van der Waals surface area contributed by atoms with Gasteiger partial charge in [-0.2, -0.15) is 0 Å². The fraction of sp³-hybridized carbons (Fsp3) is 0.357. The highest BCUT2D eigenvalue weighted by Gasteiger charge is 2.31. The molecule has 0 radical (unpaired) electrons. The van der Waals surface area contributed by atoms with Crippen molar-refractivity contribution in [2.45, 2.75) is 32.3 Å². The van der Waals surface area contributed by atoms with Gasteiger partial charge in [0, 0.05) is 29.7 Å². The normalized spacial score (nSPS) is 18.6. The zero-order chi connectivity index (χ0) is 24.5. The second kappa shape index (κ2) is 9.70. The maximum absolute atomic E-state index is 12.7. The van der Waals surface area contributed by atoms with Crippen LogP contribution in [-0.4, -0.2) is 58.2 Å². The molecule has 1 atom stereocenters. The number of pyridine rings is 2. The number of nitrogens with one attached hydrogen (secondary N) is 2. The van der Waals surface area contributed by atoms with Crippen LogP contribution < -0.4 is 10.2 Å². The Morgan fingerprint density at radius 3 is 2.83 bits per heavy atom. The number of fused-ring (bicyclic) bond motifs is 1. The number of benzene rings is 1. The van der Waals surface area contributed by atoms with Gasteiger partial charge in [-0.15, -0.1) is 0 Å². The standard InChI is InChI=1S/C28H30N6O2/c1-18-3-2-4-25(33-18)27-26(31-17-32-27)19-5-6-24-21(13-19)14-22(15-30-24)34-12-9-20(16-34)28(35)36-23-7-10-29-11-8-23/h2-6,13-15,17,20,23,29H,7-12,16H2,1H3,(H,31,32). The van der Waals surface area contributed by atoms with Gasteiger partial charge in [0.2, 0.25) is 0 Å². The number of carbonyl (C=O) groups excluding carboxylic acids is 1. The van der Waals surface area contributed by atoms with E-state index >= 15 is 0 Å². The summed E-state index contributed by atoms with van der Waals surface area (Å²) < 4.78 is 5.81. The highest BCUT2D eigenvalue weighted by molar-refractivity contribution is 5.88. The first-order valence-corrected chi connectivity index (χ1v) is 12.7. The Morgan fingerprint density at radius 1 is 1.08 bits per heavy atom. The summed E-state index contributed by atoms with van der Waals surface area (Å²) in [5.74, 6) is -0.147. The quantitative estimate of drug-likeness (QED) is 0.413. The molecule has 8 heteroatoms. The number of piperidine rings is 1. The summed E-state index contributed by atoms with van der Waals surface area (Å²) in [6, 6.07) is 14.3. The first kappa shape index (κ1) is 22.7. The SMILES string of the molecule is Cc1cccc(-c2[nH]cnc2-c2ccc3ncc(N4CCC(C(=O)OC5CCNCC5)C4)cc3c2)n1. The first-order valence-electron chi connectivity index (χ1n) is 12.7. The molecular formula is C28H30N6O2. The zero-order valence-corrected chi connectivity index (χ0v) is 20.4. The number of aromatic nitrogens is 4. The van der Waals surface area contributed by atoms with E-state index in [4.69, 9.17) is 9.72 Å². The van der Waals surface area contributed by atoms with Crippen molar-refractivity contribution >= 4 is 22.6 Å². The molecule has 3 aromatic heterocycles. The number of ether oxygens (including phenoxy) is 1. The number of H-pyrrole nitrogens is 1. The van der Waals surface area contributed by atoms with Gasteiger partial charge in [-0.1, -0.05) is 12.1 Å². The minimum atomic E-state index is -0.0876. The summed E-state index contributed by atoms with van der Waals surface area (Å²) in [5.41, 5.74) is 6.55. The molecule has 1 aromatic carbocycles. The summed E-state index contributed by atoms with van der Waals surface area (Å²) in [7, 11) is 0. The van der Waals surface area contributed by atoms with Crippen molar-refractivity contribution in [1.82, 2.24) is 25.3 Å². The van der Waals surface area contributed by atoms with Gasteiger partial charge in [0.05, 0.1) is 46.7 Å².